The van der Waals surface area contributed by atoms with Gasteiger partial charge in [0.2, 0.25) is 0 Å². The van der Waals surface area contributed by atoms with E-state index in [-0.39, 0.29) is 12.1 Å². The molecule has 2 aromatic rings. The molecular weight excluding hydrogens is 333 g/mol. The van der Waals surface area contributed by atoms with Crippen molar-refractivity contribution < 1.29 is 24.3 Å². The van der Waals surface area contributed by atoms with Crippen molar-refractivity contribution in [1.82, 2.24) is 5.32 Å². The second kappa shape index (κ2) is 9.26. The van der Waals surface area contributed by atoms with E-state index < -0.39 is 19.3 Å². The van der Waals surface area contributed by atoms with Crippen molar-refractivity contribution in [1.29, 1.82) is 0 Å². The van der Waals surface area contributed by atoms with Crippen molar-refractivity contribution >= 4 is 18.7 Å². The predicted octanol–water partition coefficient (Wildman–Crippen LogP) is 2.06. The highest BCUT2D eigenvalue weighted by Crippen LogP contribution is 2.22. The van der Waals surface area contributed by atoms with Gasteiger partial charge in [-0.25, -0.2) is 4.79 Å². The van der Waals surface area contributed by atoms with Gasteiger partial charge in [0.15, 0.2) is 0 Å². The third-order valence-electron chi connectivity index (χ3n) is 4.09. The molecule has 0 aliphatic heterocycles. The molecule has 138 valence electrons. The average Bonchev–Trinajstić information content (AvgIpc) is 2.64. The Labute approximate surface area is 153 Å². The number of carbonyl (C=O) groups excluding carboxylic acids is 1. The van der Waals surface area contributed by atoms with Gasteiger partial charge in [0.25, 0.3) is 0 Å². The van der Waals surface area contributed by atoms with E-state index in [1.54, 1.807) is 6.07 Å². The van der Waals surface area contributed by atoms with Crippen LogP contribution < -0.4 is 15.5 Å². The van der Waals surface area contributed by atoms with Crippen LogP contribution in [0.25, 0.3) is 0 Å². The number of benzene rings is 2. The molecule has 3 N–H and O–H groups in total. The highest BCUT2D eigenvalue weighted by atomic mass is 16.5. The Morgan fingerprint density at radius 1 is 1.23 bits per heavy atom. The summed E-state index contributed by atoms with van der Waals surface area (Å²) in [5.41, 5.74) is 2.61. The van der Waals surface area contributed by atoms with Crippen LogP contribution in [0.5, 0.6) is 5.75 Å². The summed E-state index contributed by atoms with van der Waals surface area (Å²) >= 11 is 0. The maximum atomic E-state index is 12.2. The SMILES string of the molecule is CC[C@@H](NC(=O)OCc1ccccc1)c1cc(C)cc(OC)c1B(O)O. The van der Waals surface area contributed by atoms with E-state index in [4.69, 9.17) is 9.47 Å². The van der Waals surface area contributed by atoms with Gasteiger partial charge < -0.3 is 24.8 Å². The maximum Gasteiger partial charge on any atom is 0.492 e. The molecule has 0 bridgehead atoms. The molecule has 0 fully saturated rings. The van der Waals surface area contributed by atoms with Crippen LogP contribution in [0, 0.1) is 6.92 Å². The fourth-order valence-corrected chi connectivity index (χ4v) is 2.83. The molecule has 2 rings (SSSR count). The van der Waals surface area contributed by atoms with Gasteiger partial charge in [0.1, 0.15) is 12.4 Å². The fraction of sp³-hybridized carbons (Fsp3) is 0.316. The number of hydrogen-bond donors (Lipinski definition) is 3. The van der Waals surface area contributed by atoms with Crippen molar-refractivity contribution in [3.63, 3.8) is 0 Å². The van der Waals surface area contributed by atoms with Crippen LogP contribution in [0.15, 0.2) is 42.5 Å². The number of ether oxygens (including phenoxy) is 2. The molecule has 0 unspecified atom stereocenters. The summed E-state index contributed by atoms with van der Waals surface area (Å²) in [5.74, 6) is 0.368. The highest BCUT2D eigenvalue weighted by Gasteiger charge is 2.27. The molecule has 0 heterocycles. The number of rotatable bonds is 7. The van der Waals surface area contributed by atoms with Gasteiger partial charge in [0, 0.05) is 5.46 Å². The van der Waals surface area contributed by atoms with Gasteiger partial charge in [-0.05, 0) is 36.1 Å². The summed E-state index contributed by atoms with van der Waals surface area (Å²) < 4.78 is 10.5. The molecule has 0 aromatic heterocycles. The lowest BCUT2D eigenvalue weighted by atomic mass is 9.73. The van der Waals surface area contributed by atoms with Crippen molar-refractivity contribution in [2.24, 2.45) is 0 Å². The zero-order valence-electron chi connectivity index (χ0n) is 15.2. The molecule has 0 saturated carbocycles. The first kappa shape index (κ1) is 19.8. The molecule has 26 heavy (non-hydrogen) atoms. The summed E-state index contributed by atoms with van der Waals surface area (Å²) in [6.07, 6.45) is -0.0215. The van der Waals surface area contributed by atoms with Crippen molar-refractivity contribution in [3.05, 3.63) is 59.2 Å². The molecular formula is C19H24BNO5. The zero-order chi connectivity index (χ0) is 19.1. The molecule has 0 radical (unpaired) electrons. The third kappa shape index (κ3) is 5.00. The topological polar surface area (TPSA) is 88.0 Å². The zero-order valence-corrected chi connectivity index (χ0v) is 15.2. The van der Waals surface area contributed by atoms with E-state index in [2.05, 4.69) is 5.32 Å². The maximum absolute atomic E-state index is 12.2. The average molecular weight is 357 g/mol. The van der Waals surface area contributed by atoms with Gasteiger partial charge in [-0.3, -0.25) is 0 Å². The normalized spacial score (nSPS) is 11.6. The number of methoxy groups -OCH3 is 1. The standard InChI is InChI=1S/C19H24BNO5/c1-4-16(21-19(22)26-12-14-8-6-5-7-9-14)15-10-13(2)11-17(25-3)18(15)20(23)24/h5-11,16,23-24H,4,12H2,1-3H3,(H,21,22)/t16-/m1/s1. The van der Waals surface area contributed by atoms with Crippen LogP contribution in [0.4, 0.5) is 4.79 Å². The number of alkyl carbamates (subject to hydrolysis) is 1. The monoisotopic (exact) mass is 357 g/mol. The van der Waals surface area contributed by atoms with Gasteiger partial charge in [-0.1, -0.05) is 43.3 Å². The van der Waals surface area contributed by atoms with Crippen LogP contribution in [0.1, 0.15) is 36.1 Å². The van der Waals surface area contributed by atoms with Crippen LogP contribution >= 0.6 is 0 Å². The van der Waals surface area contributed by atoms with Gasteiger partial charge in [-0.15, -0.1) is 0 Å². The third-order valence-corrected chi connectivity index (χ3v) is 4.09. The van der Waals surface area contributed by atoms with Crippen molar-refractivity contribution in [2.45, 2.75) is 32.9 Å². The first-order chi connectivity index (χ1) is 12.5. The molecule has 0 spiro atoms. The molecule has 0 aliphatic rings. The van der Waals surface area contributed by atoms with E-state index in [0.29, 0.717) is 17.7 Å². The quantitative estimate of drug-likeness (QED) is 0.661. The minimum atomic E-state index is -1.71. The molecule has 6 nitrogen and oxygen atoms in total. The van der Waals surface area contributed by atoms with E-state index in [1.807, 2.05) is 50.2 Å². The Balaban J connectivity index is 2.17. The largest absolute Gasteiger partial charge is 0.497 e. The summed E-state index contributed by atoms with van der Waals surface area (Å²) in [4.78, 5) is 12.2. The number of aryl methyl sites for hydroxylation is 1. The summed E-state index contributed by atoms with van der Waals surface area (Å²) in [7, 11) is -0.246. The highest BCUT2D eigenvalue weighted by molar-refractivity contribution is 6.60. The summed E-state index contributed by atoms with van der Waals surface area (Å²) in [6.45, 7) is 3.93. The fourth-order valence-electron chi connectivity index (χ4n) is 2.83. The number of amides is 1. The number of nitrogens with one attached hydrogen (secondary N) is 1. The Morgan fingerprint density at radius 3 is 2.50 bits per heavy atom. The lowest BCUT2D eigenvalue weighted by molar-refractivity contribution is 0.135. The second-order valence-electron chi connectivity index (χ2n) is 6.01. The molecule has 0 aliphatic carbocycles. The van der Waals surface area contributed by atoms with E-state index in [0.717, 1.165) is 11.1 Å². The number of carbonyl (C=O) groups is 1. The first-order valence-electron chi connectivity index (χ1n) is 8.48. The Kier molecular flexibility index (Phi) is 7.06. The minimum absolute atomic E-state index is 0.162. The van der Waals surface area contributed by atoms with Gasteiger partial charge >= 0.3 is 13.2 Å². The van der Waals surface area contributed by atoms with E-state index >= 15 is 0 Å². The molecule has 0 saturated heterocycles. The Hall–Kier alpha value is -2.51. The number of hydrogen-bond acceptors (Lipinski definition) is 5. The van der Waals surface area contributed by atoms with E-state index in [9.17, 15) is 14.8 Å². The predicted molar refractivity (Wildman–Crippen MR) is 100 cm³/mol. The molecule has 1 amide bonds. The molecule has 1 atom stereocenters. The van der Waals surface area contributed by atoms with Crippen LogP contribution in [-0.2, 0) is 11.3 Å². The molecule has 2 aromatic carbocycles. The first-order valence-corrected chi connectivity index (χ1v) is 8.48. The minimum Gasteiger partial charge on any atom is -0.497 e. The second-order valence-corrected chi connectivity index (χ2v) is 6.01. The lowest BCUT2D eigenvalue weighted by Crippen LogP contribution is -2.39. The lowest BCUT2D eigenvalue weighted by Gasteiger charge is -2.22. The van der Waals surface area contributed by atoms with Gasteiger partial charge in [0.05, 0.1) is 13.2 Å². The van der Waals surface area contributed by atoms with Crippen LogP contribution in [0.3, 0.4) is 0 Å². The summed E-state index contributed by atoms with van der Waals surface area (Å²) in [6, 6.07) is 12.5. The van der Waals surface area contributed by atoms with Crippen molar-refractivity contribution in [3.8, 4) is 5.75 Å². The van der Waals surface area contributed by atoms with Crippen molar-refractivity contribution in [2.75, 3.05) is 7.11 Å². The van der Waals surface area contributed by atoms with E-state index in [1.165, 1.54) is 7.11 Å². The summed E-state index contributed by atoms with van der Waals surface area (Å²) in [5, 5.41) is 22.3. The van der Waals surface area contributed by atoms with Gasteiger partial charge in [-0.2, -0.15) is 0 Å². The molecule has 7 heteroatoms. The Bertz CT molecular complexity index is 736. The van der Waals surface area contributed by atoms with Crippen LogP contribution in [-0.4, -0.2) is 30.4 Å². The smallest absolute Gasteiger partial charge is 0.492 e. The Morgan fingerprint density at radius 2 is 1.92 bits per heavy atom. The van der Waals surface area contributed by atoms with Crippen LogP contribution in [0.2, 0.25) is 0 Å².